The number of hydrogen-bond donors (Lipinski definition) is 1. The second-order valence-electron chi connectivity index (χ2n) is 5.42. The van der Waals surface area contributed by atoms with Crippen molar-refractivity contribution in [1.29, 1.82) is 0 Å². The molecule has 0 bridgehead atoms. The number of alkyl halides is 3. The first-order valence-corrected chi connectivity index (χ1v) is 7.10. The highest BCUT2D eigenvalue weighted by Gasteiger charge is 2.31. The molecule has 1 heterocycles. The van der Waals surface area contributed by atoms with E-state index in [2.05, 4.69) is 4.90 Å². The van der Waals surface area contributed by atoms with Crippen LogP contribution in [0.25, 0.3) is 0 Å². The van der Waals surface area contributed by atoms with Crippen molar-refractivity contribution in [2.75, 3.05) is 26.2 Å². The van der Waals surface area contributed by atoms with Gasteiger partial charge in [-0.2, -0.15) is 13.2 Å². The standard InChI is InChI=1S/C15H21F3N2/c16-15(17,18)14-6-4-5-12(9-14)13(10-19)11-20-7-2-1-3-8-20/h4-6,9,13H,1-3,7-8,10-11,19H2. The van der Waals surface area contributed by atoms with E-state index in [0.717, 1.165) is 25.7 Å². The van der Waals surface area contributed by atoms with Gasteiger partial charge in [0, 0.05) is 19.0 Å². The average Bonchev–Trinajstić information content (AvgIpc) is 2.45. The summed E-state index contributed by atoms with van der Waals surface area (Å²) in [5.41, 5.74) is 5.87. The average molecular weight is 286 g/mol. The molecule has 2 N–H and O–H groups in total. The van der Waals surface area contributed by atoms with Gasteiger partial charge in [-0.25, -0.2) is 0 Å². The maximum Gasteiger partial charge on any atom is 0.416 e. The highest BCUT2D eigenvalue weighted by Crippen LogP contribution is 2.31. The van der Waals surface area contributed by atoms with Crippen LogP contribution in [0.5, 0.6) is 0 Å². The van der Waals surface area contributed by atoms with Gasteiger partial charge in [0.1, 0.15) is 0 Å². The van der Waals surface area contributed by atoms with Gasteiger partial charge in [0.05, 0.1) is 5.56 Å². The van der Waals surface area contributed by atoms with Gasteiger partial charge in [0.2, 0.25) is 0 Å². The fraction of sp³-hybridized carbons (Fsp3) is 0.600. The van der Waals surface area contributed by atoms with Crippen LogP contribution in [0.2, 0.25) is 0 Å². The highest BCUT2D eigenvalue weighted by atomic mass is 19.4. The second-order valence-corrected chi connectivity index (χ2v) is 5.42. The van der Waals surface area contributed by atoms with Gasteiger partial charge in [-0.1, -0.05) is 24.6 Å². The Bertz CT molecular complexity index is 425. The molecule has 1 unspecified atom stereocenters. The molecule has 0 radical (unpaired) electrons. The highest BCUT2D eigenvalue weighted by molar-refractivity contribution is 5.28. The zero-order valence-corrected chi connectivity index (χ0v) is 11.5. The van der Waals surface area contributed by atoms with Crippen molar-refractivity contribution in [1.82, 2.24) is 4.90 Å². The molecule has 0 aromatic heterocycles. The Hall–Kier alpha value is -1.07. The second kappa shape index (κ2) is 6.59. The SMILES string of the molecule is NCC(CN1CCCCC1)c1cccc(C(F)(F)F)c1. The van der Waals surface area contributed by atoms with Crippen molar-refractivity contribution in [2.45, 2.75) is 31.4 Å². The zero-order chi connectivity index (χ0) is 14.6. The Kier molecular flexibility index (Phi) is 5.05. The number of piperidine rings is 1. The fourth-order valence-corrected chi connectivity index (χ4v) is 2.74. The van der Waals surface area contributed by atoms with Crippen LogP contribution in [0.1, 0.15) is 36.3 Å². The lowest BCUT2D eigenvalue weighted by atomic mass is 9.95. The van der Waals surface area contributed by atoms with Crippen molar-refractivity contribution in [2.24, 2.45) is 5.73 Å². The van der Waals surface area contributed by atoms with E-state index in [1.54, 1.807) is 6.07 Å². The van der Waals surface area contributed by atoms with Crippen molar-refractivity contribution >= 4 is 0 Å². The minimum atomic E-state index is -4.29. The summed E-state index contributed by atoms with van der Waals surface area (Å²) < 4.78 is 38.3. The quantitative estimate of drug-likeness (QED) is 0.920. The molecule has 1 aliphatic heterocycles. The van der Waals surface area contributed by atoms with Crippen LogP contribution >= 0.6 is 0 Å². The third kappa shape index (κ3) is 3.96. The molecule has 0 saturated carbocycles. The van der Waals surface area contributed by atoms with Gasteiger partial charge >= 0.3 is 6.18 Å². The van der Waals surface area contributed by atoms with Gasteiger partial charge in [-0.05, 0) is 37.6 Å². The molecule has 0 amide bonds. The normalized spacial score (nSPS) is 19.0. The molecule has 5 heteroatoms. The Morgan fingerprint density at radius 2 is 1.85 bits per heavy atom. The van der Waals surface area contributed by atoms with Gasteiger partial charge < -0.3 is 10.6 Å². The first-order chi connectivity index (χ1) is 9.50. The van der Waals surface area contributed by atoms with Crippen LogP contribution in [0.3, 0.4) is 0 Å². The van der Waals surface area contributed by atoms with Gasteiger partial charge in [-0.3, -0.25) is 0 Å². The summed E-state index contributed by atoms with van der Waals surface area (Å²) in [6.45, 7) is 3.17. The third-order valence-electron chi connectivity index (χ3n) is 3.90. The lowest BCUT2D eigenvalue weighted by Crippen LogP contribution is -2.35. The van der Waals surface area contributed by atoms with Gasteiger partial charge in [0.15, 0.2) is 0 Å². The Balaban J connectivity index is 2.10. The molecule has 20 heavy (non-hydrogen) atoms. The predicted octanol–water partition coefficient (Wildman–Crippen LogP) is 3.23. The van der Waals surface area contributed by atoms with Crippen LogP contribution in [0.4, 0.5) is 13.2 Å². The summed E-state index contributed by atoms with van der Waals surface area (Å²) in [4.78, 5) is 2.31. The van der Waals surface area contributed by atoms with Crippen LogP contribution in [0, 0.1) is 0 Å². The maximum absolute atomic E-state index is 12.8. The number of nitrogens with zero attached hydrogens (tertiary/aromatic N) is 1. The molecule has 1 atom stereocenters. The molecule has 0 aliphatic carbocycles. The number of benzene rings is 1. The predicted molar refractivity (Wildman–Crippen MR) is 73.5 cm³/mol. The van der Waals surface area contributed by atoms with E-state index in [-0.39, 0.29) is 5.92 Å². The van der Waals surface area contributed by atoms with E-state index >= 15 is 0 Å². The smallest absolute Gasteiger partial charge is 0.330 e. The number of hydrogen-bond acceptors (Lipinski definition) is 2. The number of halogens is 3. The van der Waals surface area contributed by atoms with E-state index in [4.69, 9.17) is 5.73 Å². The number of nitrogens with two attached hydrogens (primary N) is 1. The van der Waals surface area contributed by atoms with E-state index < -0.39 is 11.7 Å². The third-order valence-corrected chi connectivity index (χ3v) is 3.90. The molecule has 1 fully saturated rings. The monoisotopic (exact) mass is 286 g/mol. The molecule has 1 aliphatic rings. The number of likely N-dealkylation sites (tertiary alicyclic amines) is 1. The van der Waals surface area contributed by atoms with Crippen molar-refractivity contribution < 1.29 is 13.2 Å². The minimum Gasteiger partial charge on any atom is -0.330 e. The molecule has 1 aromatic rings. The van der Waals surface area contributed by atoms with E-state index in [9.17, 15) is 13.2 Å². The molecule has 1 saturated heterocycles. The first kappa shape index (κ1) is 15.3. The molecular formula is C15H21F3N2. The Morgan fingerprint density at radius 3 is 2.45 bits per heavy atom. The fourth-order valence-electron chi connectivity index (χ4n) is 2.74. The molecule has 2 rings (SSSR count). The Labute approximate surface area is 117 Å². The summed E-state index contributed by atoms with van der Waals surface area (Å²) in [6, 6.07) is 5.56. The summed E-state index contributed by atoms with van der Waals surface area (Å²) in [5.74, 6) is -0.0320. The topological polar surface area (TPSA) is 29.3 Å². The van der Waals surface area contributed by atoms with Gasteiger partial charge in [-0.15, -0.1) is 0 Å². The molecule has 2 nitrogen and oxygen atoms in total. The van der Waals surface area contributed by atoms with Gasteiger partial charge in [0.25, 0.3) is 0 Å². The summed E-state index contributed by atoms with van der Waals surface area (Å²) in [5, 5.41) is 0. The molecule has 0 spiro atoms. The maximum atomic E-state index is 12.8. The van der Waals surface area contributed by atoms with Crippen molar-refractivity contribution in [3.63, 3.8) is 0 Å². The number of rotatable bonds is 4. The zero-order valence-electron chi connectivity index (χ0n) is 11.5. The van der Waals surface area contributed by atoms with Crippen molar-refractivity contribution in [3.8, 4) is 0 Å². The van der Waals surface area contributed by atoms with E-state index in [1.807, 2.05) is 0 Å². The van der Waals surface area contributed by atoms with Crippen LogP contribution in [-0.4, -0.2) is 31.1 Å². The van der Waals surface area contributed by atoms with E-state index in [0.29, 0.717) is 12.1 Å². The lowest BCUT2D eigenvalue weighted by Gasteiger charge is -2.30. The minimum absolute atomic E-state index is 0.0320. The Morgan fingerprint density at radius 1 is 1.15 bits per heavy atom. The first-order valence-electron chi connectivity index (χ1n) is 7.10. The molecule has 1 aromatic carbocycles. The van der Waals surface area contributed by atoms with E-state index in [1.165, 1.54) is 31.4 Å². The van der Waals surface area contributed by atoms with Crippen LogP contribution in [-0.2, 0) is 6.18 Å². The molecular weight excluding hydrogens is 265 g/mol. The summed E-state index contributed by atoms with van der Waals surface area (Å²) in [7, 11) is 0. The lowest BCUT2D eigenvalue weighted by molar-refractivity contribution is -0.137. The van der Waals surface area contributed by atoms with Crippen LogP contribution in [0.15, 0.2) is 24.3 Å². The largest absolute Gasteiger partial charge is 0.416 e. The van der Waals surface area contributed by atoms with Crippen molar-refractivity contribution in [3.05, 3.63) is 35.4 Å². The van der Waals surface area contributed by atoms with Crippen LogP contribution < -0.4 is 5.73 Å². The summed E-state index contributed by atoms with van der Waals surface area (Å²) in [6.07, 6.45) is -0.715. The summed E-state index contributed by atoms with van der Waals surface area (Å²) >= 11 is 0. The molecule has 112 valence electrons.